The number of hydrogen-bond donors (Lipinski definition) is 2. The first-order valence-electron chi connectivity index (χ1n) is 10.2. The van der Waals surface area contributed by atoms with Crippen LogP contribution in [0.25, 0.3) is 10.2 Å². The van der Waals surface area contributed by atoms with Gasteiger partial charge in [-0.25, -0.2) is 9.37 Å². The second-order valence-electron chi connectivity index (χ2n) is 8.11. The molecule has 2 N–H and O–H groups in total. The van der Waals surface area contributed by atoms with Crippen LogP contribution in [-0.4, -0.2) is 35.3 Å². The van der Waals surface area contributed by atoms with Crippen LogP contribution in [0.3, 0.4) is 0 Å². The van der Waals surface area contributed by atoms with Gasteiger partial charge >= 0.3 is 0 Å². The fraction of sp³-hybridized carbons (Fsp3) is 0.455. The van der Waals surface area contributed by atoms with Gasteiger partial charge in [-0.05, 0) is 58.4 Å². The van der Waals surface area contributed by atoms with E-state index in [-0.39, 0.29) is 29.6 Å². The average Bonchev–Trinajstić information content (AvgIpc) is 2.95. The number of hydrogen-bond acceptors (Lipinski definition) is 6. The molecule has 3 aromatic rings. The fourth-order valence-corrected chi connectivity index (χ4v) is 5.06. The number of nitrogens with one attached hydrogen (secondary N) is 2. The summed E-state index contributed by atoms with van der Waals surface area (Å²) in [5.41, 5.74) is 2.05. The maximum atomic E-state index is 14.9. The molecular formula is C22H27FN4O2S. The lowest BCUT2D eigenvalue weighted by molar-refractivity contribution is -0.00539. The average molecular weight is 431 g/mol. The molecule has 2 aromatic heterocycles. The summed E-state index contributed by atoms with van der Waals surface area (Å²) in [6, 6.07) is 4.86. The molecule has 1 fully saturated rings. The third-order valence-corrected chi connectivity index (χ3v) is 6.66. The second kappa shape index (κ2) is 8.00. The van der Waals surface area contributed by atoms with E-state index in [0.717, 1.165) is 15.3 Å². The van der Waals surface area contributed by atoms with Crippen LogP contribution in [0.15, 0.2) is 23.0 Å². The molecule has 0 radical (unpaired) electrons. The molecule has 0 aliphatic carbocycles. The lowest BCUT2D eigenvalue weighted by Crippen LogP contribution is -2.45. The summed E-state index contributed by atoms with van der Waals surface area (Å²) in [5.74, 6) is 0.254. The maximum Gasteiger partial charge on any atom is 0.259 e. The Hall–Kier alpha value is -2.45. The molecule has 0 spiro atoms. The first-order chi connectivity index (χ1) is 14.2. The van der Waals surface area contributed by atoms with Crippen LogP contribution in [-0.2, 0) is 4.74 Å². The van der Waals surface area contributed by atoms with Gasteiger partial charge in [-0.15, -0.1) is 11.3 Å². The number of fused-ring (bicyclic) bond motifs is 1. The molecule has 6 nitrogen and oxygen atoms in total. The van der Waals surface area contributed by atoms with Gasteiger partial charge < -0.3 is 19.9 Å². The van der Waals surface area contributed by atoms with Crippen LogP contribution in [0.2, 0.25) is 0 Å². The molecule has 3 atom stereocenters. The summed E-state index contributed by atoms with van der Waals surface area (Å²) < 4.78 is 20.6. The van der Waals surface area contributed by atoms with Crippen LogP contribution in [0, 0.1) is 19.7 Å². The molecule has 0 saturated carbocycles. The molecule has 3 heterocycles. The topological polar surface area (TPSA) is 70.2 Å². The molecule has 0 bridgehead atoms. The largest absolute Gasteiger partial charge is 0.375 e. The molecule has 30 heavy (non-hydrogen) atoms. The number of aryl methyl sites for hydroxylation is 2. The minimum Gasteiger partial charge on any atom is -0.375 e. The Bertz CT molecular complexity index is 1130. The van der Waals surface area contributed by atoms with Crippen LogP contribution in [0.5, 0.6) is 0 Å². The van der Waals surface area contributed by atoms with Crippen molar-refractivity contribution in [3.63, 3.8) is 0 Å². The number of ether oxygens (including phenoxy) is 1. The van der Waals surface area contributed by atoms with Crippen molar-refractivity contribution < 1.29 is 9.13 Å². The van der Waals surface area contributed by atoms with Crippen molar-refractivity contribution in [3.8, 4) is 0 Å². The van der Waals surface area contributed by atoms with Gasteiger partial charge in [0.25, 0.3) is 5.56 Å². The van der Waals surface area contributed by atoms with Gasteiger partial charge in [0.2, 0.25) is 0 Å². The lowest BCUT2D eigenvalue weighted by Gasteiger charge is -2.37. The number of aromatic amines is 1. The Labute approximate surface area is 179 Å². The van der Waals surface area contributed by atoms with Crippen molar-refractivity contribution in [2.45, 2.75) is 52.9 Å². The maximum absolute atomic E-state index is 14.9. The van der Waals surface area contributed by atoms with E-state index in [9.17, 15) is 9.18 Å². The minimum absolute atomic E-state index is 0.0633. The smallest absolute Gasteiger partial charge is 0.259 e. The fourth-order valence-electron chi connectivity index (χ4n) is 4.02. The zero-order valence-electron chi connectivity index (χ0n) is 17.9. The number of aromatic nitrogens is 2. The Morgan fingerprint density at radius 1 is 1.30 bits per heavy atom. The quantitative estimate of drug-likeness (QED) is 0.637. The van der Waals surface area contributed by atoms with Crippen molar-refractivity contribution in [2.75, 3.05) is 23.3 Å². The van der Waals surface area contributed by atoms with E-state index in [1.807, 2.05) is 45.6 Å². The van der Waals surface area contributed by atoms with Gasteiger partial charge in [0, 0.05) is 23.7 Å². The number of anilines is 2. The van der Waals surface area contributed by atoms with Crippen molar-refractivity contribution in [3.05, 3.63) is 50.6 Å². The molecular weight excluding hydrogens is 403 g/mol. The number of benzene rings is 1. The van der Waals surface area contributed by atoms with Gasteiger partial charge in [-0.2, -0.15) is 0 Å². The van der Waals surface area contributed by atoms with Crippen LogP contribution < -0.4 is 15.8 Å². The first-order valence-corrected chi connectivity index (χ1v) is 11.0. The Balaban J connectivity index is 1.55. The molecule has 1 aliphatic heterocycles. The summed E-state index contributed by atoms with van der Waals surface area (Å²) in [7, 11) is 0. The molecule has 0 unspecified atom stereocenters. The SMILES string of the molecule is Cc1sc2nc([C@@H](C)Nc3ccc(N4C[C@@H](C)O[C@@H](C)C4)c(F)c3)[nH]c(=O)c2c1C. The van der Waals surface area contributed by atoms with Gasteiger partial charge in [-0.1, -0.05) is 0 Å². The van der Waals surface area contributed by atoms with Crippen LogP contribution in [0.4, 0.5) is 15.8 Å². The van der Waals surface area contributed by atoms with Gasteiger partial charge in [0.15, 0.2) is 0 Å². The zero-order valence-corrected chi connectivity index (χ0v) is 18.7. The van der Waals surface area contributed by atoms with E-state index in [4.69, 9.17) is 4.74 Å². The third kappa shape index (κ3) is 3.94. The summed E-state index contributed by atoms with van der Waals surface area (Å²) >= 11 is 1.52. The highest BCUT2D eigenvalue weighted by Gasteiger charge is 2.24. The number of rotatable bonds is 4. The zero-order chi connectivity index (χ0) is 21.6. The molecule has 0 amide bonds. The Morgan fingerprint density at radius 2 is 2.00 bits per heavy atom. The summed E-state index contributed by atoms with van der Waals surface area (Å²) in [4.78, 5) is 23.9. The molecule has 1 aliphatic rings. The first kappa shape index (κ1) is 20.8. The van der Waals surface area contributed by atoms with Gasteiger partial charge in [-0.3, -0.25) is 4.79 Å². The van der Waals surface area contributed by atoms with Crippen LogP contribution in [0.1, 0.15) is 43.1 Å². The molecule has 8 heteroatoms. The van der Waals surface area contributed by atoms with Crippen molar-refractivity contribution in [1.29, 1.82) is 0 Å². The molecule has 4 rings (SSSR count). The van der Waals surface area contributed by atoms with E-state index in [0.29, 0.717) is 35.7 Å². The molecule has 1 aromatic carbocycles. The predicted octanol–water partition coefficient (Wildman–Crippen LogP) is 4.53. The number of halogens is 1. The number of morpholine rings is 1. The van der Waals surface area contributed by atoms with Crippen molar-refractivity contribution >= 4 is 32.9 Å². The highest BCUT2D eigenvalue weighted by atomic mass is 32.1. The van der Waals surface area contributed by atoms with E-state index in [1.54, 1.807) is 6.07 Å². The van der Waals surface area contributed by atoms with E-state index >= 15 is 0 Å². The highest BCUT2D eigenvalue weighted by Crippen LogP contribution is 2.29. The minimum atomic E-state index is -0.282. The van der Waals surface area contributed by atoms with Crippen molar-refractivity contribution in [2.24, 2.45) is 0 Å². The highest BCUT2D eigenvalue weighted by molar-refractivity contribution is 7.18. The lowest BCUT2D eigenvalue weighted by atomic mass is 10.1. The summed E-state index contributed by atoms with van der Waals surface area (Å²) in [5, 5.41) is 3.90. The monoisotopic (exact) mass is 430 g/mol. The Morgan fingerprint density at radius 3 is 2.67 bits per heavy atom. The number of nitrogens with zero attached hydrogens (tertiary/aromatic N) is 2. The second-order valence-corrected chi connectivity index (χ2v) is 9.31. The van der Waals surface area contributed by atoms with Crippen LogP contribution >= 0.6 is 11.3 Å². The van der Waals surface area contributed by atoms with Crippen molar-refractivity contribution in [1.82, 2.24) is 9.97 Å². The van der Waals surface area contributed by atoms with E-state index < -0.39 is 0 Å². The van der Waals surface area contributed by atoms with Gasteiger partial charge in [0.05, 0.1) is 29.3 Å². The summed E-state index contributed by atoms with van der Waals surface area (Å²) in [6.45, 7) is 11.1. The number of H-pyrrole nitrogens is 1. The third-order valence-electron chi connectivity index (χ3n) is 5.56. The Kier molecular flexibility index (Phi) is 5.55. The standard InChI is InChI=1S/C22H27FN4O2S/c1-11-9-27(10-12(2)29-11)18-7-6-16(8-17(18)23)24-14(4)20-25-21(28)19-13(3)15(5)30-22(19)26-20/h6-8,11-12,14,24H,9-10H2,1-5H3,(H,25,26,28)/t11-,12+,14-/m1/s1. The van der Waals surface area contributed by atoms with E-state index in [2.05, 4.69) is 15.3 Å². The predicted molar refractivity (Wildman–Crippen MR) is 120 cm³/mol. The molecule has 160 valence electrons. The number of thiophene rings is 1. The van der Waals surface area contributed by atoms with Gasteiger partial charge in [0.1, 0.15) is 16.5 Å². The summed E-state index contributed by atoms with van der Waals surface area (Å²) in [6.07, 6.45) is 0.127. The molecule has 1 saturated heterocycles. The normalized spacial score (nSPS) is 20.5. The van der Waals surface area contributed by atoms with E-state index in [1.165, 1.54) is 17.4 Å².